The van der Waals surface area contributed by atoms with Crippen molar-refractivity contribution in [1.82, 2.24) is 4.98 Å². The highest BCUT2D eigenvalue weighted by Crippen LogP contribution is 2.23. The molecule has 0 bridgehead atoms. The zero-order valence-corrected chi connectivity index (χ0v) is 11.1. The Morgan fingerprint density at radius 3 is 2.20 bits per heavy atom. The van der Waals surface area contributed by atoms with Gasteiger partial charge >= 0.3 is 0 Å². The van der Waals surface area contributed by atoms with Crippen molar-refractivity contribution in [3.05, 3.63) is 42.0 Å². The largest absolute Gasteiger partial charge is 0.378 e. The van der Waals surface area contributed by atoms with Crippen LogP contribution in [-0.4, -0.2) is 19.1 Å². The Hall–Kier alpha value is -2.41. The second-order valence-electron chi connectivity index (χ2n) is 4.36. The SMILES string of the molecule is CN(C)c1ccc(Nc2nc(NN)c(F)cc2F)cc1. The van der Waals surface area contributed by atoms with Gasteiger partial charge < -0.3 is 15.6 Å². The van der Waals surface area contributed by atoms with E-state index < -0.39 is 11.6 Å². The molecule has 7 heteroatoms. The van der Waals surface area contributed by atoms with Crippen LogP contribution in [0.3, 0.4) is 0 Å². The smallest absolute Gasteiger partial charge is 0.178 e. The van der Waals surface area contributed by atoms with Crippen LogP contribution >= 0.6 is 0 Å². The van der Waals surface area contributed by atoms with Crippen LogP contribution in [0.4, 0.5) is 31.8 Å². The fourth-order valence-corrected chi connectivity index (χ4v) is 1.64. The fraction of sp³-hybridized carbons (Fsp3) is 0.154. The molecule has 0 saturated carbocycles. The highest BCUT2D eigenvalue weighted by atomic mass is 19.1. The van der Waals surface area contributed by atoms with E-state index in [4.69, 9.17) is 5.84 Å². The van der Waals surface area contributed by atoms with E-state index >= 15 is 0 Å². The van der Waals surface area contributed by atoms with Crippen LogP contribution in [0.2, 0.25) is 0 Å². The molecule has 0 radical (unpaired) electrons. The van der Waals surface area contributed by atoms with Gasteiger partial charge in [-0.1, -0.05) is 0 Å². The van der Waals surface area contributed by atoms with Gasteiger partial charge in [-0.2, -0.15) is 0 Å². The molecule has 2 aromatic rings. The minimum atomic E-state index is -0.849. The molecule has 0 amide bonds. The average Bonchev–Trinajstić information content (AvgIpc) is 2.42. The van der Waals surface area contributed by atoms with Gasteiger partial charge in [-0.05, 0) is 24.3 Å². The van der Waals surface area contributed by atoms with Crippen molar-refractivity contribution in [2.45, 2.75) is 0 Å². The quantitative estimate of drug-likeness (QED) is 0.592. The molecule has 0 fully saturated rings. The number of anilines is 4. The van der Waals surface area contributed by atoms with Crippen molar-refractivity contribution in [3.8, 4) is 0 Å². The number of nitrogen functional groups attached to an aromatic ring is 1. The minimum absolute atomic E-state index is 0.100. The number of hydrogen-bond acceptors (Lipinski definition) is 5. The Morgan fingerprint density at radius 2 is 1.65 bits per heavy atom. The van der Waals surface area contributed by atoms with Gasteiger partial charge in [-0.3, -0.25) is 0 Å². The second kappa shape index (κ2) is 5.70. The van der Waals surface area contributed by atoms with E-state index in [2.05, 4.69) is 15.7 Å². The van der Waals surface area contributed by atoms with Crippen molar-refractivity contribution >= 4 is 23.0 Å². The molecule has 0 saturated heterocycles. The first kappa shape index (κ1) is 14.0. The van der Waals surface area contributed by atoms with Gasteiger partial charge in [0.25, 0.3) is 0 Å². The van der Waals surface area contributed by atoms with Crippen LogP contribution in [0, 0.1) is 11.6 Å². The molecule has 1 aromatic carbocycles. The van der Waals surface area contributed by atoms with Crippen LogP contribution in [0.1, 0.15) is 0 Å². The molecule has 0 spiro atoms. The summed E-state index contributed by atoms with van der Waals surface area (Å²) in [5.41, 5.74) is 3.72. The molecule has 0 atom stereocenters. The molecule has 20 heavy (non-hydrogen) atoms. The fourth-order valence-electron chi connectivity index (χ4n) is 1.64. The lowest BCUT2D eigenvalue weighted by atomic mass is 10.2. The Bertz CT molecular complexity index is 598. The molecule has 0 aliphatic carbocycles. The van der Waals surface area contributed by atoms with E-state index in [1.807, 2.05) is 31.1 Å². The maximum absolute atomic E-state index is 13.6. The lowest BCUT2D eigenvalue weighted by Crippen LogP contribution is -2.12. The molecule has 5 nitrogen and oxygen atoms in total. The van der Waals surface area contributed by atoms with Gasteiger partial charge in [0.05, 0.1) is 0 Å². The number of hydrazine groups is 1. The minimum Gasteiger partial charge on any atom is -0.378 e. The monoisotopic (exact) mass is 279 g/mol. The molecular formula is C13H15F2N5. The van der Waals surface area contributed by atoms with Crippen molar-refractivity contribution in [2.24, 2.45) is 5.84 Å². The van der Waals surface area contributed by atoms with Gasteiger partial charge in [0.2, 0.25) is 0 Å². The summed E-state index contributed by atoms with van der Waals surface area (Å²) in [6.07, 6.45) is 0. The summed E-state index contributed by atoms with van der Waals surface area (Å²) in [6, 6.07) is 8.00. The first-order valence-electron chi connectivity index (χ1n) is 5.88. The summed E-state index contributed by atoms with van der Waals surface area (Å²) in [6.45, 7) is 0. The molecule has 106 valence electrons. The predicted octanol–water partition coefficient (Wildman–Crippen LogP) is 2.46. The number of nitrogens with one attached hydrogen (secondary N) is 2. The second-order valence-corrected chi connectivity index (χ2v) is 4.36. The molecule has 1 aromatic heterocycles. The highest BCUT2D eigenvalue weighted by molar-refractivity contribution is 5.62. The first-order valence-corrected chi connectivity index (χ1v) is 5.88. The Kier molecular flexibility index (Phi) is 3.99. The summed E-state index contributed by atoms with van der Waals surface area (Å²) in [5.74, 6) is 3.14. The molecule has 2 rings (SSSR count). The average molecular weight is 279 g/mol. The van der Waals surface area contributed by atoms with Crippen LogP contribution in [0.5, 0.6) is 0 Å². The number of halogens is 2. The number of nitrogens with two attached hydrogens (primary N) is 1. The third-order valence-electron chi connectivity index (χ3n) is 2.71. The highest BCUT2D eigenvalue weighted by Gasteiger charge is 2.11. The number of rotatable bonds is 4. The predicted molar refractivity (Wildman–Crippen MR) is 76.0 cm³/mol. The van der Waals surface area contributed by atoms with Crippen molar-refractivity contribution in [3.63, 3.8) is 0 Å². The number of hydrogen-bond donors (Lipinski definition) is 3. The zero-order chi connectivity index (χ0) is 14.7. The summed E-state index contributed by atoms with van der Waals surface area (Å²) >= 11 is 0. The van der Waals surface area contributed by atoms with Gasteiger partial charge in [0.1, 0.15) is 0 Å². The topological polar surface area (TPSA) is 66.2 Å². The van der Waals surface area contributed by atoms with Gasteiger partial charge in [-0.25, -0.2) is 19.6 Å². The molecule has 1 heterocycles. The van der Waals surface area contributed by atoms with Crippen LogP contribution in [0.15, 0.2) is 30.3 Å². The maximum Gasteiger partial charge on any atom is 0.178 e. The summed E-state index contributed by atoms with van der Waals surface area (Å²) in [5, 5.41) is 2.77. The Balaban J connectivity index is 2.25. The van der Waals surface area contributed by atoms with Crippen molar-refractivity contribution in [2.75, 3.05) is 29.7 Å². The van der Waals surface area contributed by atoms with E-state index in [9.17, 15) is 8.78 Å². The third kappa shape index (κ3) is 2.94. The lowest BCUT2D eigenvalue weighted by molar-refractivity contribution is 0.579. The zero-order valence-electron chi connectivity index (χ0n) is 11.1. The van der Waals surface area contributed by atoms with E-state index in [-0.39, 0.29) is 11.6 Å². The Morgan fingerprint density at radius 1 is 1.05 bits per heavy atom. The molecule has 0 aliphatic rings. The van der Waals surface area contributed by atoms with Crippen molar-refractivity contribution in [1.29, 1.82) is 0 Å². The normalized spacial score (nSPS) is 10.2. The molecular weight excluding hydrogens is 264 g/mol. The van der Waals surface area contributed by atoms with Gasteiger partial charge in [-0.15, -0.1) is 0 Å². The Labute approximate surface area is 115 Å². The van der Waals surface area contributed by atoms with E-state index in [1.54, 1.807) is 12.1 Å². The van der Waals surface area contributed by atoms with Crippen LogP contribution < -0.4 is 21.5 Å². The van der Waals surface area contributed by atoms with Crippen LogP contribution in [-0.2, 0) is 0 Å². The third-order valence-corrected chi connectivity index (χ3v) is 2.71. The maximum atomic E-state index is 13.6. The summed E-state index contributed by atoms with van der Waals surface area (Å²) in [7, 11) is 3.84. The van der Waals surface area contributed by atoms with Gasteiger partial charge in [0.15, 0.2) is 23.3 Å². The summed E-state index contributed by atoms with van der Waals surface area (Å²) in [4.78, 5) is 5.68. The number of nitrogens with zero attached hydrogens (tertiary/aromatic N) is 2. The molecule has 4 N–H and O–H groups in total. The number of benzene rings is 1. The molecule has 0 unspecified atom stereocenters. The van der Waals surface area contributed by atoms with Gasteiger partial charge in [0, 0.05) is 31.5 Å². The number of pyridine rings is 1. The van der Waals surface area contributed by atoms with E-state index in [1.165, 1.54) is 0 Å². The van der Waals surface area contributed by atoms with Crippen LogP contribution in [0.25, 0.3) is 0 Å². The lowest BCUT2D eigenvalue weighted by Gasteiger charge is -2.13. The van der Waals surface area contributed by atoms with E-state index in [0.29, 0.717) is 5.69 Å². The first-order chi connectivity index (χ1) is 9.51. The standard InChI is InChI=1S/C13H15F2N5/c1-20(2)9-5-3-8(4-6-9)17-12-10(14)7-11(15)13(18-12)19-16/h3-7H,16H2,1-2H3,(H2,17,18,19). The molecule has 0 aliphatic heterocycles. The van der Waals surface area contributed by atoms with E-state index in [0.717, 1.165) is 11.8 Å². The number of aromatic nitrogens is 1. The van der Waals surface area contributed by atoms with Crippen molar-refractivity contribution < 1.29 is 8.78 Å². The summed E-state index contributed by atoms with van der Waals surface area (Å²) < 4.78 is 26.9.